The molecule has 3 atom stereocenters. The van der Waals surface area contributed by atoms with Crippen LogP contribution in [0.15, 0.2) is 16.5 Å². The number of aliphatic hydroxyl groups is 1. The maximum absolute atomic E-state index is 12.3. The van der Waals surface area contributed by atoms with Crippen LogP contribution in [0.4, 0.5) is 0 Å². The van der Waals surface area contributed by atoms with Gasteiger partial charge in [0.05, 0.1) is 18.8 Å². The number of hydrogen-bond acceptors (Lipinski definition) is 4. The standard InChI is InChI=1S/C16H25NO4/c1-10-5-6-14(21-10)16(4,19)9-17-15(18)13-7-11(2)20-12(3)8-13/h5-6,11-13,19H,7-9H2,1-4H3,(H,17,18). The van der Waals surface area contributed by atoms with Gasteiger partial charge in [0.15, 0.2) is 0 Å². The molecule has 1 fully saturated rings. The minimum absolute atomic E-state index is 0.0273. The van der Waals surface area contributed by atoms with Crippen LogP contribution < -0.4 is 5.32 Å². The van der Waals surface area contributed by atoms with Crippen molar-refractivity contribution in [2.75, 3.05) is 6.54 Å². The lowest BCUT2D eigenvalue weighted by Crippen LogP contribution is -2.44. The molecule has 1 amide bonds. The van der Waals surface area contributed by atoms with Crippen LogP contribution in [0, 0.1) is 12.8 Å². The number of carbonyl (C=O) groups excluding carboxylic acids is 1. The molecule has 1 aliphatic heterocycles. The SMILES string of the molecule is Cc1ccc(C(C)(O)CNC(=O)C2CC(C)OC(C)C2)o1. The van der Waals surface area contributed by atoms with Crippen molar-refractivity contribution in [1.82, 2.24) is 5.32 Å². The minimum Gasteiger partial charge on any atom is -0.463 e. The molecule has 21 heavy (non-hydrogen) atoms. The first-order valence-corrected chi connectivity index (χ1v) is 7.50. The van der Waals surface area contributed by atoms with Crippen LogP contribution >= 0.6 is 0 Å². The van der Waals surface area contributed by atoms with E-state index >= 15 is 0 Å². The molecule has 1 aromatic rings. The van der Waals surface area contributed by atoms with Crippen LogP contribution in [0.1, 0.15) is 45.1 Å². The van der Waals surface area contributed by atoms with Gasteiger partial charge < -0.3 is 19.6 Å². The van der Waals surface area contributed by atoms with E-state index < -0.39 is 5.60 Å². The van der Waals surface area contributed by atoms with Crippen molar-refractivity contribution in [3.8, 4) is 0 Å². The van der Waals surface area contributed by atoms with Gasteiger partial charge in [-0.05, 0) is 52.7 Å². The minimum atomic E-state index is -1.20. The number of aryl methyl sites for hydroxylation is 1. The first-order chi connectivity index (χ1) is 9.78. The molecule has 3 unspecified atom stereocenters. The van der Waals surface area contributed by atoms with Gasteiger partial charge in [-0.2, -0.15) is 0 Å². The Balaban J connectivity index is 1.91. The van der Waals surface area contributed by atoms with E-state index in [0.29, 0.717) is 5.76 Å². The van der Waals surface area contributed by atoms with Crippen LogP contribution in [0.25, 0.3) is 0 Å². The summed E-state index contributed by atoms with van der Waals surface area (Å²) in [6.07, 6.45) is 1.63. The lowest BCUT2D eigenvalue weighted by molar-refractivity contribution is -0.134. The summed E-state index contributed by atoms with van der Waals surface area (Å²) >= 11 is 0. The van der Waals surface area contributed by atoms with Crippen molar-refractivity contribution >= 4 is 5.91 Å². The quantitative estimate of drug-likeness (QED) is 0.892. The maximum atomic E-state index is 12.3. The predicted octanol–water partition coefficient (Wildman–Crippen LogP) is 2.12. The molecule has 0 saturated carbocycles. The van der Waals surface area contributed by atoms with Gasteiger partial charge in [0.1, 0.15) is 17.1 Å². The number of furan rings is 1. The number of hydrogen-bond donors (Lipinski definition) is 2. The van der Waals surface area contributed by atoms with Gasteiger partial charge in [-0.15, -0.1) is 0 Å². The summed E-state index contributed by atoms with van der Waals surface area (Å²) < 4.78 is 11.1. The summed E-state index contributed by atoms with van der Waals surface area (Å²) in [5, 5.41) is 13.3. The van der Waals surface area contributed by atoms with E-state index in [1.54, 1.807) is 19.1 Å². The Morgan fingerprint density at radius 3 is 2.52 bits per heavy atom. The Kier molecular flexibility index (Phi) is 4.74. The number of carbonyl (C=O) groups is 1. The molecule has 2 N–H and O–H groups in total. The van der Waals surface area contributed by atoms with E-state index in [1.807, 2.05) is 20.8 Å². The average Bonchev–Trinajstić information content (AvgIpc) is 2.82. The fourth-order valence-electron chi connectivity index (χ4n) is 2.83. The topological polar surface area (TPSA) is 71.7 Å². The van der Waals surface area contributed by atoms with Crippen molar-refractivity contribution in [2.24, 2.45) is 5.92 Å². The first-order valence-electron chi connectivity index (χ1n) is 7.50. The molecule has 118 valence electrons. The van der Waals surface area contributed by atoms with Crippen molar-refractivity contribution in [1.29, 1.82) is 0 Å². The lowest BCUT2D eigenvalue weighted by atomic mass is 9.91. The molecular weight excluding hydrogens is 270 g/mol. The van der Waals surface area contributed by atoms with Crippen LogP contribution in [0.2, 0.25) is 0 Å². The Labute approximate surface area is 125 Å². The van der Waals surface area contributed by atoms with Crippen LogP contribution in [-0.2, 0) is 15.1 Å². The molecule has 0 spiro atoms. The molecular formula is C16H25NO4. The summed E-state index contributed by atoms with van der Waals surface area (Å²) in [5.41, 5.74) is -1.20. The first kappa shape index (κ1) is 16.0. The Morgan fingerprint density at radius 2 is 2.00 bits per heavy atom. The van der Waals surface area contributed by atoms with Gasteiger partial charge in [0.2, 0.25) is 5.91 Å². The van der Waals surface area contributed by atoms with E-state index in [2.05, 4.69) is 5.32 Å². The highest BCUT2D eigenvalue weighted by molar-refractivity contribution is 5.78. The number of nitrogens with one attached hydrogen (secondary N) is 1. The highest BCUT2D eigenvalue weighted by atomic mass is 16.5. The van der Waals surface area contributed by atoms with E-state index in [9.17, 15) is 9.90 Å². The molecule has 0 aromatic carbocycles. The summed E-state index contributed by atoms with van der Waals surface area (Å²) in [6, 6.07) is 3.54. The third kappa shape index (κ3) is 4.08. The maximum Gasteiger partial charge on any atom is 0.223 e. The zero-order chi connectivity index (χ0) is 15.6. The summed E-state index contributed by atoms with van der Waals surface area (Å²) in [4.78, 5) is 12.3. The normalized spacial score (nSPS) is 28.9. The molecule has 5 heteroatoms. The monoisotopic (exact) mass is 295 g/mol. The van der Waals surface area contributed by atoms with Crippen molar-refractivity contribution < 1.29 is 19.1 Å². The molecule has 2 heterocycles. The van der Waals surface area contributed by atoms with Crippen molar-refractivity contribution in [3.05, 3.63) is 23.7 Å². The molecule has 1 aromatic heterocycles. The average molecular weight is 295 g/mol. The van der Waals surface area contributed by atoms with Gasteiger partial charge >= 0.3 is 0 Å². The lowest BCUT2D eigenvalue weighted by Gasteiger charge is -2.32. The van der Waals surface area contributed by atoms with E-state index in [0.717, 1.165) is 18.6 Å². The van der Waals surface area contributed by atoms with Gasteiger partial charge in [0.25, 0.3) is 0 Å². The van der Waals surface area contributed by atoms with Gasteiger partial charge in [-0.25, -0.2) is 0 Å². The number of rotatable bonds is 4. The van der Waals surface area contributed by atoms with Crippen molar-refractivity contribution in [2.45, 2.75) is 58.3 Å². The Bertz CT molecular complexity index is 484. The largest absolute Gasteiger partial charge is 0.463 e. The number of ether oxygens (including phenoxy) is 1. The second-order valence-electron chi connectivity index (χ2n) is 6.33. The zero-order valence-corrected chi connectivity index (χ0v) is 13.2. The van der Waals surface area contributed by atoms with Crippen LogP contribution in [-0.4, -0.2) is 29.8 Å². The third-order valence-electron chi connectivity index (χ3n) is 3.95. The number of amides is 1. The predicted molar refractivity (Wildman–Crippen MR) is 78.8 cm³/mol. The van der Waals surface area contributed by atoms with E-state index in [4.69, 9.17) is 9.15 Å². The van der Waals surface area contributed by atoms with Gasteiger partial charge in [0, 0.05) is 5.92 Å². The fourth-order valence-corrected chi connectivity index (χ4v) is 2.83. The van der Waals surface area contributed by atoms with Crippen molar-refractivity contribution in [3.63, 3.8) is 0 Å². The fraction of sp³-hybridized carbons (Fsp3) is 0.688. The summed E-state index contributed by atoms with van der Waals surface area (Å²) in [5.74, 6) is 1.12. The highest BCUT2D eigenvalue weighted by Gasteiger charge is 2.32. The second-order valence-corrected chi connectivity index (χ2v) is 6.33. The smallest absolute Gasteiger partial charge is 0.223 e. The Hall–Kier alpha value is -1.33. The third-order valence-corrected chi connectivity index (χ3v) is 3.95. The molecule has 5 nitrogen and oxygen atoms in total. The zero-order valence-electron chi connectivity index (χ0n) is 13.2. The molecule has 0 bridgehead atoms. The summed E-state index contributed by atoms with van der Waals surface area (Å²) in [6.45, 7) is 7.57. The van der Waals surface area contributed by atoms with Gasteiger partial charge in [-0.3, -0.25) is 4.79 Å². The molecule has 0 aliphatic carbocycles. The second kappa shape index (κ2) is 6.20. The van der Waals surface area contributed by atoms with Crippen LogP contribution in [0.3, 0.4) is 0 Å². The molecule has 1 saturated heterocycles. The molecule has 0 radical (unpaired) electrons. The highest BCUT2D eigenvalue weighted by Crippen LogP contribution is 2.26. The Morgan fingerprint density at radius 1 is 1.38 bits per heavy atom. The molecule has 1 aliphatic rings. The molecule has 2 rings (SSSR count). The summed E-state index contributed by atoms with van der Waals surface area (Å²) in [7, 11) is 0. The van der Waals surface area contributed by atoms with Crippen LogP contribution in [0.5, 0.6) is 0 Å². The van der Waals surface area contributed by atoms with Gasteiger partial charge in [-0.1, -0.05) is 0 Å². The van der Waals surface area contributed by atoms with E-state index in [1.165, 1.54) is 0 Å². The van der Waals surface area contributed by atoms with E-state index in [-0.39, 0.29) is 30.6 Å².